The lowest BCUT2D eigenvalue weighted by atomic mass is 9.83. The summed E-state index contributed by atoms with van der Waals surface area (Å²) in [6.45, 7) is 3.53. The molecule has 1 atom stereocenters. The molecule has 1 heterocycles. The van der Waals surface area contributed by atoms with Crippen LogP contribution < -0.4 is 5.73 Å². The van der Waals surface area contributed by atoms with Crippen molar-refractivity contribution in [2.45, 2.75) is 45.4 Å². The molecule has 1 aliphatic rings. The minimum Gasteiger partial charge on any atom is -0.481 e. The molecule has 0 aromatic heterocycles. The summed E-state index contributed by atoms with van der Waals surface area (Å²) in [7, 11) is 0. The molecule has 5 heteroatoms. The van der Waals surface area contributed by atoms with Gasteiger partial charge in [-0.15, -0.1) is 0 Å². The smallest absolute Gasteiger partial charge is 0.311 e. The van der Waals surface area contributed by atoms with Crippen LogP contribution in [0, 0.1) is 5.41 Å². The highest BCUT2D eigenvalue weighted by molar-refractivity contribution is 5.80. The van der Waals surface area contributed by atoms with Crippen LogP contribution in [0.3, 0.4) is 0 Å². The van der Waals surface area contributed by atoms with Crippen LogP contribution in [0.15, 0.2) is 0 Å². The Morgan fingerprint density at radius 3 is 2.67 bits per heavy atom. The number of likely N-dealkylation sites (tertiary alicyclic amines) is 1. The largest absolute Gasteiger partial charge is 0.481 e. The first-order valence-corrected chi connectivity index (χ1v) is 6.77. The summed E-state index contributed by atoms with van der Waals surface area (Å²) in [6, 6.07) is 0. The topological polar surface area (TPSA) is 83.6 Å². The zero-order chi connectivity index (χ0) is 13.6. The standard InChI is InChI=1S/C13H24N2O3/c1-2-6-13(12(17)18)7-9-15(10-13)11(16)5-3-4-8-14/h2-10,14H2,1H3,(H,17,18). The lowest BCUT2D eigenvalue weighted by Crippen LogP contribution is -2.36. The first-order chi connectivity index (χ1) is 8.55. The number of nitrogens with two attached hydrogens (primary N) is 1. The number of rotatable bonds is 7. The number of carboxylic acids is 1. The molecule has 1 rings (SSSR count). The molecule has 0 aromatic carbocycles. The van der Waals surface area contributed by atoms with Gasteiger partial charge in [-0.1, -0.05) is 13.3 Å². The van der Waals surface area contributed by atoms with Crippen molar-refractivity contribution in [3.05, 3.63) is 0 Å². The Bertz CT molecular complexity index is 307. The van der Waals surface area contributed by atoms with E-state index in [4.69, 9.17) is 5.73 Å². The van der Waals surface area contributed by atoms with E-state index >= 15 is 0 Å². The van der Waals surface area contributed by atoms with Gasteiger partial charge < -0.3 is 15.7 Å². The van der Waals surface area contributed by atoms with Gasteiger partial charge in [0.25, 0.3) is 0 Å². The van der Waals surface area contributed by atoms with Crippen molar-refractivity contribution < 1.29 is 14.7 Å². The average Bonchev–Trinajstić information content (AvgIpc) is 2.75. The number of carbonyl (C=O) groups is 2. The lowest BCUT2D eigenvalue weighted by Gasteiger charge is -2.24. The summed E-state index contributed by atoms with van der Waals surface area (Å²) in [4.78, 5) is 25.0. The molecule has 1 saturated heterocycles. The number of hydrogen-bond acceptors (Lipinski definition) is 3. The Labute approximate surface area is 108 Å². The molecule has 0 aliphatic carbocycles. The van der Waals surface area contributed by atoms with E-state index < -0.39 is 11.4 Å². The Morgan fingerprint density at radius 2 is 2.11 bits per heavy atom. The predicted octanol–water partition coefficient (Wildman–Crippen LogP) is 1.22. The molecule has 0 aromatic rings. The molecule has 3 N–H and O–H groups in total. The van der Waals surface area contributed by atoms with Crippen molar-refractivity contribution >= 4 is 11.9 Å². The molecule has 1 unspecified atom stereocenters. The van der Waals surface area contributed by atoms with Gasteiger partial charge in [0.15, 0.2) is 0 Å². The van der Waals surface area contributed by atoms with Gasteiger partial charge in [0.05, 0.1) is 5.41 Å². The first-order valence-electron chi connectivity index (χ1n) is 6.77. The molecular weight excluding hydrogens is 232 g/mol. The average molecular weight is 256 g/mol. The van der Waals surface area contributed by atoms with Crippen molar-refractivity contribution in [2.24, 2.45) is 11.1 Å². The lowest BCUT2D eigenvalue weighted by molar-refractivity contribution is -0.149. The maximum atomic E-state index is 11.9. The molecule has 18 heavy (non-hydrogen) atoms. The van der Waals surface area contributed by atoms with E-state index in [1.807, 2.05) is 6.92 Å². The van der Waals surface area contributed by atoms with Gasteiger partial charge in [-0.3, -0.25) is 9.59 Å². The Morgan fingerprint density at radius 1 is 1.39 bits per heavy atom. The SMILES string of the molecule is CCCC1(C(=O)O)CCN(C(=O)CCCCN)C1. The van der Waals surface area contributed by atoms with Crippen LogP contribution >= 0.6 is 0 Å². The third-order valence-electron chi connectivity index (χ3n) is 3.73. The summed E-state index contributed by atoms with van der Waals surface area (Å²) in [5.74, 6) is -0.690. The molecule has 104 valence electrons. The van der Waals surface area contributed by atoms with Crippen LogP contribution in [0.5, 0.6) is 0 Å². The number of amides is 1. The zero-order valence-corrected chi connectivity index (χ0v) is 11.2. The second kappa shape index (κ2) is 6.73. The van der Waals surface area contributed by atoms with Gasteiger partial charge in [-0.2, -0.15) is 0 Å². The highest BCUT2D eigenvalue weighted by Gasteiger charge is 2.45. The summed E-state index contributed by atoms with van der Waals surface area (Å²) in [6.07, 6.45) is 4.19. The summed E-state index contributed by atoms with van der Waals surface area (Å²) in [5.41, 5.74) is 4.68. The van der Waals surface area contributed by atoms with Gasteiger partial charge in [-0.05, 0) is 32.2 Å². The van der Waals surface area contributed by atoms with Gasteiger partial charge >= 0.3 is 5.97 Å². The predicted molar refractivity (Wildman–Crippen MR) is 69.1 cm³/mol. The number of aliphatic carboxylic acids is 1. The second-order valence-electron chi connectivity index (χ2n) is 5.15. The van der Waals surface area contributed by atoms with Gasteiger partial charge in [0.1, 0.15) is 0 Å². The van der Waals surface area contributed by atoms with E-state index in [9.17, 15) is 14.7 Å². The fraction of sp³-hybridized carbons (Fsp3) is 0.846. The van der Waals surface area contributed by atoms with Gasteiger partial charge in [0, 0.05) is 19.5 Å². The summed E-state index contributed by atoms with van der Waals surface area (Å²) >= 11 is 0. The summed E-state index contributed by atoms with van der Waals surface area (Å²) in [5, 5.41) is 9.35. The van der Waals surface area contributed by atoms with E-state index in [1.54, 1.807) is 4.90 Å². The molecule has 1 fully saturated rings. The van der Waals surface area contributed by atoms with E-state index in [1.165, 1.54) is 0 Å². The Balaban J connectivity index is 2.52. The van der Waals surface area contributed by atoms with Crippen LogP contribution in [0.1, 0.15) is 45.4 Å². The second-order valence-corrected chi connectivity index (χ2v) is 5.15. The number of hydrogen-bond donors (Lipinski definition) is 2. The molecule has 0 spiro atoms. The third kappa shape index (κ3) is 3.45. The van der Waals surface area contributed by atoms with Crippen molar-refractivity contribution in [2.75, 3.05) is 19.6 Å². The molecule has 0 radical (unpaired) electrons. The monoisotopic (exact) mass is 256 g/mol. The van der Waals surface area contributed by atoms with Crippen molar-refractivity contribution in [1.82, 2.24) is 4.90 Å². The third-order valence-corrected chi connectivity index (χ3v) is 3.73. The fourth-order valence-electron chi connectivity index (χ4n) is 2.63. The molecular formula is C13H24N2O3. The van der Waals surface area contributed by atoms with Crippen LogP contribution in [-0.2, 0) is 9.59 Å². The maximum absolute atomic E-state index is 11.9. The van der Waals surface area contributed by atoms with E-state index in [0.717, 1.165) is 19.3 Å². The molecule has 1 amide bonds. The van der Waals surface area contributed by atoms with Crippen LogP contribution in [0.2, 0.25) is 0 Å². The zero-order valence-electron chi connectivity index (χ0n) is 11.2. The highest BCUT2D eigenvalue weighted by atomic mass is 16.4. The number of unbranched alkanes of at least 4 members (excludes halogenated alkanes) is 1. The Kier molecular flexibility index (Phi) is 5.59. The quantitative estimate of drug-likeness (QED) is 0.671. The fourth-order valence-corrected chi connectivity index (χ4v) is 2.63. The van der Waals surface area contributed by atoms with Crippen LogP contribution in [0.25, 0.3) is 0 Å². The van der Waals surface area contributed by atoms with Crippen molar-refractivity contribution in [3.8, 4) is 0 Å². The van der Waals surface area contributed by atoms with Gasteiger partial charge in [0.2, 0.25) is 5.91 Å². The van der Waals surface area contributed by atoms with E-state index in [0.29, 0.717) is 38.9 Å². The van der Waals surface area contributed by atoms with Crippen LogP contribution in [-0.4, -0.2) is 41.5 Å². The molecule has 1 aliphatic heterocycles. The van der Waals surface area contributed by atoms with Crippen molar-refractivity contribution in [3.63, 3.8) is 0 Å². The van der Waals surface area contributed by atoms with Crippen molar-refractivity contribution in [1.29, 1.82) is 0 Å². The van der Waals surface area contributed by atoms with E-state index in [-0.39, 0.29) is 5.91 Å². The Hall–Kier alpha value is -1.10. The minimum atomic E-state index is -0.762. The molecule has 5 nitrogen and oxygen atoms in total. The van der Waals surface area contributed by atoms with Crippen LogP contribution in [0.4, 0.5) is 0 Å². The molecule has 0 saturated carbocycles. The highest BCUT2D eigenvalue weighted by Crippen LogP contribution is 2.35. The first kappa shape index (κ1) is 15.0. The maximum Gasteiger partial charge on any atom is 0.311 e. The minimum absolute atomic E-state index is 0.0719. The van der Waals surface area contributed by atoms with E-state index in [2.05, 4.69) is 0 Å². The van der Waals surface area contributed by atoms with Gasteiger partial charge in [-0.25, -0.2) is 0 Å². The number of carboxylic acid groups (broad SMARTS) is 1. The number of nitrogens with zero attached hydrogens (tertiary/aromatic N) is 1. The number of carbonyl (C=O) groups excluding carboxylic acids is 1. The molecule has 0 bridgehead atoms. The summed E-state index contributed by atoms with van der Waals surface area (Å²) < 4.78 is 0. The normalized spacial score (nSPS) is 23.3.